The standard InChI is InChI=1S/C24H29ClN6O/c1-31(2)22-19-8-4-6-10-21(19)29-23(30-22)27-17-11-13-18(14-12-17)28-24(32)26-15-16-7-3-5-9-20(16)25/h3-10,17-18H,11-15H2,1-2H3,(H2,26,28,32)(H,27,29,30)/t17-,18+. The second-order valence-corrected chi connectivity index (χ2v) is 8.80. The van der Waals surface area contributed by atoms with Gasteiger partial charge in [0.1, 0.15) is 5.82 Å². The van der Waals surface area contributed by atoms with Gasteiger partial charge in [0, 0.05) is 43.1 Å². The van der Waals surface area contributed by atoms with E-state index in [0.29, 0.717) is 17.5 Å². The molecule has 1 saturated carbocycles. The Morgan fingerprint density at radius 3 is 2.44 bits per heavy atom. The number of hydrogen-bond donors (Lipinski definition) is 3. The fourth-order valence-corrected chi connectivity index (χ4v) is 4.29. The van der Waals surface area contributed by atoms with Gasteiger partial charge in [-0.15, -0.1) is 0 Å². The summed E-state index contributed by atoms with van der Waals surface area (Å²) in [6.07, 6.45) is 3.71. The zero-order chi connectivity index (χ0) is 22.5. The van der Waals surface area contributed by atoms with Crippen molar-refractivity contribution in [2.75, 3.05) is 24.3 Å². The van der Waals surface area contributed by atoms with Gasteiger partial charge in [-0.3, -0.25) is 0 Å². The molecule has 0 radical (unpaired) electrons. The van der Waals surface area contributed by atoms with Crippen molar-refractivity contribution < 1.29 is 4.79 Å². The molecule has 0 atom stereocenters. The van der Waals surface area contributed by atoms with Crippen LogP contribution in [-0.2, 0) is 6.54 Å². The quantitative estimate of drug-likeness (QED) is 0.510. The van der Waals surface area contributed by atoms with Crippen LogP contribution >= 0.6 is 11.6 Å². The fraction of sp³-hybridized carbons (Fsp3) is 0.375. The van der Waals surface area contributed by atoms with Crippen molar-refractivity contribution in [1.29, 1.82) is 0 Å². The lowest BCUT2D eigenvalue weighted by atomic mass is 9.91. The molecule has 3 aromatic rings. The molecule has 32 heavy (non-hydrogen) atoms. The van der Waals surface area contributed by atoms with E-state index in [0.717, 1.165) is 48.0 Å². The van der Waals surface area contributed by atoms with Gasteiger partial charge in [0.05, 0.1) is 5.52 Å². The summed E-state index contributed by atoms with van der Waals surface area (Å²) < 4.78 is 0. The van der Waals surface area contributed by atoms with Crippen LogP contribution in [0.2, 0.25) is 5.02 Å². The fourth-order valence-electron chi connectivity index (χ4n) is 4.08. The lowest BCUT2D eigenvalue weighted by molar-refractivity contribution is 0.231. The summed E-state index contributed by atoms with van der Waals surface area (Å²) in [5.74, 6) is 1.56. The number of anilines is 2. The Labute approximate surface area is 193 Å². The number of carbonyl (C=O) groups is 1. The highest BCUT2D eigenvalue weighted by Gasteiger charge is 2.23. The molecule has 0 unspecified atom stereocenters. The van der Waals surface area contributed by atoms with Crippen molar-refractivity contribution in [3.63, 3.8) is 0 Å². The lowest BCUT2D eigenvalue weighted by Gasteiger charge is -2.30. The van der Waals surface area contributed by atoms with Crippen LogP contribution < -0.4 is 20.9 Å². The molecule has 0 saturated heterocycles. The minimum atomic E-state index is -0.158. The molecule has 168 valence electrons. The predicted molar refractivity (Wildman–Crippen MR) is 130 cm³/mol. The third kappa shape index (κ3) is 5.40. The molecule has 2 aromatic carbocycles. The molecule has 2 amide bonds. The first-order valence-electron chi connectivity index (χ1n) is 11.0. The van der Waals surface area contributed by atoms with E-state index >= 15 is 0 Å². The first-order chi connectivity index (χ1) is 15.5. The number of para-hydroxylation sites is 1. The molecular formula is C24H29ClN6O. The van der Waals surface area contributed by atoms with Crippen LogP contribution in [0.15, 0.2) is 48.5 Å². The van der Waals surface area contributed by atoms with Crippen LogP contribution in [0.5, 0.6) is 0 Å². The molecule has 1 fully saturated rings. The normalized spacial score (nSPS) is 18.2. The molecular weight excluding hydrogens is 424 g/mol. The van der Waals surface area contributed by atoms with E-state index in [1.807, 2.05) is 67.5 Å². The second-order valence-electron chi connectivity index (χ2n) is 8.39. The maximum absolute atomic E-state index is 12.3. The number of carbonyl (C=O) groups excluding carboxylic acids is 1. The van der Waals surface area contributed by atoms with E-state index in [9.17, 15) is 4.79 Å². The molecule has 1 aliphatic carbocycles. The highest BCUT2D eigenvalue weighted by molar-refractivity contribution is 6.31. The van der Waals surface area contributed by atoms with E-state index in [1.165, 1.54) is 0 Å². The van der Waals surface area contributed by atoms with Crippen molar-refractivity contribution in [2.45, 2.75) is 44.3 Å². The number of urea groups is 1. The topological polar surface area (TPSA) is 82.2 Å². The number of halogens is 1. The van der Waals surface area contributed by atoms with Crippen LogP contribution in [0, 0.1) is 0 Å². The largest absolute Gasteiger partial charge is 0.362 e. The van der Waals surface area contributed by atoms with E-state index in [1.54, 1.807) is 0 Å². The monoisotopic (exact) mass is 452 g/mol. The first-order valence-corrected chi connectivity index (χ1v) is 11.4. The molecule has 4 rings (SSSR count). The van der Waals surface area contributed by atoms with Gasteiger partial charge in [-0.2, -0.15) is 4.98 Å². The highest BCUT2D eigenvalue weighted by Crippen LogP contribution is 2.26. The first kappa shape index (κ1) is 22.1. The van der Waals surface area contributed by atoms with Crippen molar-refractivity contribution in [1.82, 2.24) is 20.6 Å². The Balaban J connectivity index is 1.29. The summed E-state index contributed by atoms with van der Waals surface area (Å²) in [7, 11) is 3.98. The molecule has 1 aliphatic rings. The number of nitrogens with one attached hydrogen (secondary N) is 3. The Morgan fingerprint density at radius 2 is 1.69 bits per heavy atom. The Morgan fingerprint density at radius 1 is 1.00 bits per heavy atom. The number of rotatable bonds is 6. The van der Waals surface area contributed by atoms with Crippen LogP contribution in [0.4, 0.5) is 16.6 Å². The molecule has 1 aromatic heterocycles. The van der Waals surface area contributed by atoms with Crippen molar-refractivity contribution in [3.8, 4) is 0 Å². The summed E-state index contributed by atoms with van der Waals surface area (Å²) in [6.45, 7) is 0.413. The predicted octanol–water partition coefficient (Wildman–Crippen LogP) is 4.57. The van der Waals surface area contributed by atoms with Crippen LogP contribution in [0.3, 0.4) is 0 Å². The van der Waals surface area contributed by atoms with E-state index in [-0.39, 0.29) is 18.1 Å². The lowest BCUT2D eigenvalue weighted by Crippen LogP contribution is -2.44. The van der Waals surface area contributed by atoms with Gasteiger partial charge in [0.2, 0.25) is 5.95 Å². The summed E-state index contributed by atoms with van der Waals surface area (Å²) in [5.41, 5.74) is 1.84. The zero-order valence-corrected chi connectivity index (χ0v) is 19.2. The van der Waals surface area contributed by atoms with Crippen LogP contribution in [-0.4, -0.2) is 42.2 Å². The van der Waals surface area contributed by atoms with Gasteiger partial charge in [-0.25, -0.2) is 9.78 Å². The molecule has 3 N–H and O–H groups in total. The smallest absolute Gasteiger partial charge is 0.315 e. The van der Waals surface area contributed by atoms with E-state index in [2.05, 4.69) is 16.0 Å². The summed E-state index contributed by atoms with van der Waals surface area (Å²) in [5, 5.41) is 11.2. The number of hydrogen-bond acceptors (Lipinski definition) is 5. The SMILES string of the molecule is CN(C)c1nc(N[C@H]2CC[C@@H](NC(=O)NCc3ccccc3Cl)CC2)nc2ccccc12. The average Bonchev–Trinajstić information content (AvgIpc) is 2.79. The van der Waals surface area contributed by atoms with Crippen molar-refractivity contribution >= 4 is 40.3 Å². The van der Waals surface area contributed by atoms with Gasteiger partial charge < -0.3 is 20.9 Å². The minimum absolute atomic E-state index is 0.158. The van der Waals surface area contributed by atoms with Gasteiger partial charge in [-0.05, 0) is 49.4 Å². The number of aromatic nitrogens is 2. The highest BCUT2D eigenvalue weighted by atomic mass is 35.5. The van der Waals surface area contributed by atoms with Gasteiger partial charge in [-0.1, -0.05) is 41.9 Å². The van der Waals surface area contributed by atoms with Gasteiger partial charge in [0.15, 0.2) is 0 Å². The van der Waals surface area contributed by atoms with E-state index < -0.39 is 0 Å². The zero-order valence-electron chi connectivity index (χ0n) is 18.4. The van der Waals surface area contributed by atoms with Crippen LogP contribution in [0.1, 0.15) is 31.2 Å². The van der Waals surface area contributed by atoms with Crippen molar-refractivity contribution in [2.24, 2.45) is 0 Å². The van der Waals surface area contributed by atoms with E-state index in [4.69, 9.17) is 21.6 Å². The summed E-state index contributed by atoms with van der Waals surface area (Å²) in [4.78, 5) is 23.7. The molecule has 0 aliphatic heterocycles. The van der Waals surface area contributed by atoms with Crippen molar-refractivity contribution in [3.05, 3.63) is 59.1 Å². The molecule has 0 spiro atoms. The summed E-state index contributed by atoms with van der Waals surface area (Å²) >= 11 is 6.15. The Hall–Kier alpha value is -3.06. The minimum Gasteiger partial charge on any atom is -0.362 e. The molecule has 8 heteroatoms. The molecule has 0 bridgehead atoms. The third-order valence-electron chi connectivity index (χ3n) is 5.80. The number of nitrogens with zero attached hydrogens (tertiary/aromatic N) is 3. The second kappa shape index (κ2) is 10.0. The number of amides is 2. The Kier molecular flexibility index (Phi) is 6.95. The van der Waals surface area contributed by atoms with Gasteiger partial charge >= 0.3 is 6.03 Å². The third-order valence-corrected chi connectivity index (χ3v) is 6.17. The average molecular weight is 453 g/mol. The molecule has 1 heterocycles. The maximum Gasteiger partial charge on any atom is 0.315 e. The summed E-state index contributed by atoms with van der Waals surface area (Å²) in [6, 6.07) is 15.9. The Bertz CT molecular complexity index is 1080. The van der Waals surface area contributed by atoms with Gasteiger partial charge in [0.25, 0.3) is 0 Å². The number of benzene rings is 2. The maximum atomic E-state index is 12.3. The number of fused-ring (bicyclic) bond motifs is 1. The van der Waals surface area contributed by atoms with Crippen LogP contribution in [0.25, 0.3) is 10.9 Å². The molecule has 7 nitrogen and oxygen atoms in total.